The van der Waals surface area contributed by atoms with Crippen LogP contribution in [0.25, 0.3) is 0 Å². The molecule has 0 aliphatic rings. The maximum atomic E-state index is 14.3. The van der Waals surface area contributed by atoms with Crippen molar-refractivity contribution in [2.45, 2.75) is 77.4 Å². The van der Waals surface area contributed by atoms with Gasteiger partial charge in [0.1, 0.15) is 11.8 Å². The van der Waals surface area contributed by atoms with Crippen LogP contribution in [0.5, 0.6) is 5.75 Å². The second-order valence-electron chi connectivity index (χ2n) is 12.0. The third-order valence-electron chi connectivity index (χ3n) is 8.12. The molecule has 0 saturated carbocycles. The fraction of sp³-hybridized carbons (Fsp3) is 0.485. The van der Waals surface area contributed by atoms with E-state index in [4.69, 9.17) is 4.74 Å². The van der Waals surface area contributed by atoms with E-state index in [1.165, 1.54) is 6.92 Å². The lowest BCUT2D eigenvalue weighted by molar-refractivity contribution is -0.139. The molecule has 2 aromatic carbocycles. The first-order valence-corrected chi connectivity index (χ1v) is 14.0. The number of aliphatic carboxylic acids is 1. The van der Waals surface area contributed by atoms with Gasteiger partial charge >= 0.3 is 5.97 Å². The first kappa shape index (κ1) is 33.6. The summed E-state index contributed by atoms with van der Waals surface area (Å²) >= 11 is 0. The van der Waals surface area contributed by atoms with Crippen molar-refractivity contribution in [3.8, 4) is 5.75 Å². The Morgan fingerprint density at radius 2 is 1.41 bits per heavy atom. The molecule has 0 bridgehead atoms. The highest BCUT2D eigenvalue weighted by atomic mass is 16.5. The van der Waals surface area contributed by atoms with E-state index in [1.54, 1.807) is 32.2 Å². The van der Waals surface area contributed by atoms with Crippen molar-refractivity contribution >= 4 is 17.8 Å². The minimum absolute atomic E-state index is 0.0687. The molecule has 8 nitrogen and oxygen atoms in total. The van der Waals surface area contributed by atoms with Crippen molar-refractivity contribution in [1.82, 2.24) is 15.5 Å². The van der Waals surface area contributed by atoms with Crippen LogP contribution in [0.4, 0.5) is 0 Å². The number of benzene rings is 2. The maximum Gasteiger partial charge on any atom is 0.331 e. The molecule has 0 unspecified atom stereocenters. The van der Waals surface area contributed by atoms with Crippen molar-refractivity contribution in [2.24, 2.45) is 5.92 Å². The summed E-state index contributed by atoms with van der Waals surface area (Å²) in [6.07, 6.45) is 1.60. The van der Waals surface area contributed by atoms with E-state index >= 15 is 0 Å². The first-order valence-electron chi connectivity index (χ1n) is 14.0. The summed E-state index contributed by atoms with van der Waals surface area (Å²) in [6, 6.07) is 15.1. The van der Waals surface area contributed by atoms with Gasteiger partial charge in [-0.25, -0.2) is 4.79 Å². The number of likely N-dealkylation sites (N-methyl/N-ethyl adjacent to an activating group) is 2. The molecule has 0 aliphatic heterocycles. The van der Waals surface area contributed by atoms with Gasteiger partial charge in [-0.2, -0.15) is 0 Å². The predicted molar refractivity (Wildman–Crippen MR) is 163 cm³/mol. The molecule has 0 radical (unpaired) electrons. The molecule has 41 heavy (non-hydrogen) atoms. The van der Waals surface area contributed by atoms with Crippen LogP contribution in [0, 0.1) is 5.92 Å². The van der Waals surface area contributed by atoms with Crippen LogP contribution in [-0.4, -0.2) is 67.1 Å². The summed E-state index contributed by atoms with van der Waals surface area (Å²) < 4.78 is 5.32. The molecule has 0 fully saturated rings. The smallest absolute Gasteiger partial charge is 0.331 e. The van der Waals surface area contributed by atoms with Gasteiger partial charge in [0.2, 0.25) is 11.8 Å². The van der Waals surface area contributed by atoms with E-state index in [9.17, 15) is 19.5 Å². The van der Waals surface area contributed by atoms with Crippen LogP contribution in [0.15, 0.2) is 66.2 Å². The minimum atomic E-state index is -1.04. The van der Waals surface area contributed by atoms with Gasteiger partial charge in [-0.15, -0.1) is 0 Å². The number of carboxylic acids is 1. The molecular weight excluding hydrogens is 518 g/mol. The average Bonchev–Trinajstić information content (AvgIpc) is 2.94. The van der Waals surface area contributed by atoms with E-state index < -0.39 is 34.9 Å². The molecule has 2 rings (SSSR count). The normalized spacial score (nSPS) is 14.7. The van der Waals surface area contributed by atoms with E-state index in [1.807, 2.05) is 96.1 Å². The number of hydrogen-bond donors (Lipinski definition) is 3. The number of carboxylic acid groups (broad SMARTS) is 1. The van der Waals surface area contributed by atoms with Gasteiger partial charge in [0, 0.05) is 23.5 Å². The van der Waals surface area contributed by atoms with Crippen molar-refractivity contribution in [3.63, 3.8) is 0 Å². The lowest BCUT2D eigenvalue weighted by atomic mass is 9.75. The molecule has 3 N–H and O–H groups in total. The third kappa shape index (κ3) is 7.76. The summed E-state index contributed by atoms with van der Waals surface area (Å²) in [4.78, 5) is 41.5. The average molecular weight is 566 g/mol. The molecule has 3 atom stereocenters. The van der Waals surface area contributed by atoms with E-state index in [2.05, 4.69) is 10.6 Å². The Morgan fingerprint density at radius 3 is 1.88 bits per heavy atom. The molecule has 0 spiro atoms. The molecule has 0 heterocycles. The Hall–Kier alpha value is -3.65. The molecule has 0 aromatic heterocycles. The van der Waals surface area contributed by atoms with Crippen LogP contribution in [-0.2, 0) is 25.2 Å². The Labute approximate surface area is 245 Å². The van der Waals surface area contributed by atoms with Crippen LogP contribution < -0.4 is 15.4 Å². The number of rotatable bonds is 13. The lowest BCUT2D eigenvalue weighted by Gasteiger charge is -2.41. The topological polar surface area (TPSA) is 108 Å². The standard InChI is InChI=1S/C33H47N3O5/c1-21(2)26(20-22(3)31(39)40)36(9)30(38)28(33(6,7)24-16-18-25(41-10)19-17-24)35-29(37)27(34-8)32(4,5)23-14-12-11-13-15-23/h11-21,26-28,34H,1-10H3,(H,35,37)(H,39,40)/b22-20+/t26-,27-,28-/m1/s1. The molecule has 8 heteroatoms. The number of carbonyl (C=O) groups is 3. The zero-order chi connectivity index (χ0) is 31.1. The Morgan fingerprint density at radius 1 is 0.902 bits per heavy atom. The van der Waals surface area contributed by atoms with Crippen molar-refractivity contribution < 1.29 is 24.2 Å². The predicted octanol–water partition coefficient (Wildman–Crippen LogP) is 4.54. The largest absolute Gasteiger partial charge is 0.497 e. The molecule has 2 aromatic rings. The highest BCUT2D eigenvalue weighted by Crippen LogP contribution is 2.32. The van der Waals surface area contributed by atoms with Gasteiger partial charge in [-0.1, -0.05) is 90.1 Å². The fourth-order valence-electron chi connectivity index (χ4n) is 5.25. The summed E-state index contributed by atoms with van der Waals surface area (Å²) in [5, 5.41) is 15.8. The maximum absolute atomic E-state index is 14.3. The molecule has 224 valence electrons. The SMILES string of the molecule is CN[C@H](C(=O)N[C@H](C(=O)N(C)[C@H](/C=C(\C)C(=O)O)C(C)C)C(C)(C)c1ccc(OC)cc1)C(C)(C)c1ccccc1. The lowest BCUT2D eigenvalue weighted by Crippen LogP contribution is -2.63. The van der Waals surface area contributed by atoms with Crippen LogP contribution in [0.3, 0.4) is 0 Å². The van der Waals surface area contributed by atoms with Crippen LogP contribution >= 0.6 is 0 Å². The summed E-state index contributed by atoms with van der Waals surface area (Å²) in [7, 11) is 4.98. The Balaban J connectivity index is 2.59. The highest BCUT2D eigenvalue weighted by molar-refractivity contribution is 5.92. The molecule has 0 aliphatic carbocycles. The quantitative estimate of drug-likeness (QED) is 0.308. The van der Waals surface area contributed by atoms with Crippen molar-refractivity contribution in [1.29, 1.82) is 0 Å². The van der Waals surface area contributed by atoms with Gasteiger partial charge in [0.25, 0.3) is 0 Å². The molecular formula is C33H47N3O5. The number of nitrogens with zero attached hydrogens (tertiary/aromatic N) is 1. The van der Waals surface area contributed by atoms with Gasteiger partial charge in [-0.05, 0) is 43.1 Å². The summed E-state index contributed by atoms with van der Waals surface area (Å²) in [5.41, 5.74) is 0.546. The zero-order valence-electron chi connectivity index (χ0n) is 26.1. The fourth-order valence-corrected chi connectivity index (χ4v) is 5.25. The second kappa shape index (κ2) is 13.8. The van der Waals surface area contributed by atoms with Crippen LogP contribution in [0.1, 0.15) is 59.6 Å². The number of ether oxygens (including phenoxy) is 1. The van der Waals surface area contributed by atoms with Gasteiger partial charge < -0.3 is 25.4 Å². The van der Waals surface area contributed by atoms with E-state index in [0.717, 1.165) is 11.1 Å². The van der Waals surface area contributed by atoms with Crippen molar-refractivity contribution in [2.75, 3.05) is 21.2 Å². The third-order valence-corrected chi connectivity index (χ3v) is 8.12. The van der Waals surface area contributed by atoms with Gasteiger partial charge in [0.05, 0.1) is 19.2 Å². The number of amides is 2. The number of nitrogens with one attached hydrogen (secondary N) is 2. The Kier molecular flexibility index (Phi) is 11.3. The minimum Gasteiger partial charge on any atom is -0.497 e. The zero-order valence-corrected chi connectivity index (χ0v) is 26.1. The monoisotopic (exact) mass is 565 g/mol. The van der Waals surface area contributed by atoms with Gasteiger partial charge in [-0.3, -0.25) is 9.59 Å². The first-order chi connectivity index (χ1) is 19.1. The van der Waals surface area contributed by atoms with Crippen molar-refractivity contribution in [3.05, 3.63) is 77.4 Å². The summed E-state index contributed by atoms with van der Waals surface area (Å²) in [6.45, 7) is 13.2. The Bertz CT molecular complexity index is 1220. The summed E-state index contributed by atoms with van der Waals surface area (Å²) in [5.74, 6) is -1.06. The van der Waals surface area contributed by atoms with Crippen LogP contribution in [0.2, 0.25) is 0 Å². The second-order valence-corrected chi connectivity index (χ2v) is 12.0. The number of hydrogen-bond acceptors (Lipinski definition) is 5. The number of carbonyl (C=O) groups excluding carboxylic acids is 2. The van der Waals surface area contributed by atoms with Gasteiger partial charge in [0.15, 0.2) is 0 Å². The van der Waals surface area contributed by atoms with E-state index in [0.29, 0.717) is 5.75 Å². The highest BCUT2D eigenvalue weighted by Gasteiger charge is 2.44. The molecule has 0 saturated heterocycles. The molecule has 2 amide bonds. The van der Waals surface area contributed by atoms with E-state index in [-0.39, 0.29) is 23.3 Å². The number of methoxy groups -OCH3 is 1.